The summed E-state index contributed by atoms with van der Waals surface area (Å²) < 4.78 is 33.1. The van der Waals surface area contributed by atoms with Crippen molar-refractivity contribution < 1.29 is 17.9 Å². The lowest BCUT2D eigenvalue weighted by atomic mass is 9.96. The highest BCUT2D eigenvalue weighted by molar-refractivity contribution is 7.89. The van der Waals surface area contributed by atoms with Crippen LogP contribution in [0.15, 0.2) is 53.4 Å². The predicted octanol–water partition coefficient (Wildman–Crippen LogP) is 3.25. The van der Waals surface area contributed by atoms with E-state index in [2.05, 4.69) is 0 Å². The molecule has 1 aliphatic carbocycles. The molecule has 172 valence electrons. The van der Waals surface area contributed by atoms with Crippen LogP contribution in [0.4, 0.5) is 0 Å². The maximum absolute atomic E-state index is 13.3. The number of ether oxygens (including phenoxy) is 1. The first-order chi connectivity index (χ1) is 15.5. The van der Waals surface area contributed by atoms with Crippen LogP contribution in [0.2, 0.25) is 0 Å². The summed E-state index contributed by atoms with van der Waals surface area (Å²) in [5.41, 5.74) is 3.50. The van der Waals surface area contributed by atoms with Crippen LogP contribution in [0.1, 0.15) is 36.0 Å². The first-order valence-electron chi connectivity index (χ1n) is 11.4. The minimum Gasteiger partial charge on any atom is -0.383 e. The standard InChI is InChI=1S/C25H32N2O4S/c1-31-17-16-26(19-20-6-3-2-4-7-20)25(28)22-12-14-27(15-13-22)32(29,30)24-11-10-21-8-5-9-23(21)18-24/h2-4,6-7,10-11,18,22H,5,8-9,12-17,19H2,1H3. The molecule has 0 N–H and O–H groups in total. The van der Waals surface area contributed by atoms with E-state index in [0.29, 0.717) is 50.5 Å². The van der Waals surface area contributed by atoms with Crippen molar-refractivity contribution in [2.24, 2.45) is 5.92 Å². The van der Waals surface area contributed by atoms with Crippen LogP contribution < -0.4 is 0 Å². The van der Waals surface area contributed by atoms with Crippen molar-refractivity contribution in [2.45, 2.75) is 43.5 Å². The third-order valence-electron chi connectivity index (χ3n) is 6.60. The zero-order valence-electron chi connectivity index (χ0n) is 18.7. The summed E-state index contributed by atoms with van der Waals surface area (Å²) >= 11 is 0. The number of hydrogen-bond donors (Lipinski definition) is 0. The second kappa shape index (κ2) is 10.1. The first kappa shape index (κ1) is 23.0. The summed E-state index contributed by atoms with van der Waals surface area (Å²) in [5, 5.41) is 0. The molecule has 0 saturated carbocycles. The second-order valence-electron chi connectivity index (χ2n) is 8.70. The molecule has 1 aliphatic heterocycles. The van der Waals surface area contributed by atoms with Crippen LogP contribution in [-0.2, 0) is 38.9 Å². The number of piperidine rings is 1. The molecular weight excluding hydrogens is 424 g/mol. The highest BCUT2D eigenvalue weighted by atomic mass is 32.2. The van der Waals surface area contributed by atoms with E-state index in [-0.39, 0.29) is 11.8 Å². The van der Waals surface area contributed by atoms with E-state index in [1.54, 1.807) is 17.5 Å². The Morgan fingerprint density at radius 2 is 1.78 bits per heavy atom. The van der Waals surface area contributed by atoms with Crippen LogP contribution in [0, 0.1) is 5.92 Å². The highest BCUT2D eigenvalue weighted by Gasteiger charge is 2.34. The van der Waals surface area contributed by atoms with Gasteiger partial charge in [0.1, 0.15) is 0 Å². The Balaban J connectivity index is 1.40. The number of aryl methyl sites for hydroxylation is 2. The van der Waals surface area contributed by atoms with Crippen molar-refractivity contribution >= 4 is 15.9 Å². The third kappa shape index (κ3) is 5.05. The average molecular weight is 457 g/mol. The van der Waals surface area contributed by atoms with Gasteiger partial charge in [-0.15, -0.1) is 0 Å². The van der Waals surface area contributed by atoms with Crippen LogP contribution >= 0.6 is 0 Å². The van der Waals surface area contributed by atoms with E-state index in [1.165, 1.54) is 5.56 Å². The minimum atomic E-state index is -3.53. The number of nitrogens with zero attached hydrogens (tertiary/aromatic N) is 2. The second-order valence-corrected chi connectivity index (χ2v) is 10.6. The summed E-state index contributed by atoms with van der Waals surface area (Å²) in [5.74, 6) is -0.0810. The summed E-state index contributed by atoms with van der Waals surface area (Å²) in [6.07, 6.45) is 4.16. The zero-order chi connectivity index (χ0) is 22.6. The maximum Gasteiger partial charge on any atom is 0.243 e. The lowest BCUT2D eigenvalue weighted by Gasteiger charge is -2.34. The van der Waals surface area contributed by atoms with Crippen molar-refractivity contribution in [1.82, 2.24) is 9.21 Å². The van der Waals surface area contributed by atoms with E-state index in [9.17, 15) is 13.2 Å². The topological polar surface area (TPSA) is 66.9 Å². The van der Waals surface area contributed by atoms with E-state index in [0.717, 1.165) is 30.4 Å². The van der Waals surface area contributed by atoms with E-state index < -0.39 is 10.0 Å². The summed E-state index contributed by atoms with van der Waals surface area (Å²) in [4.78, 5) is 15.5. The fourth-order valence-corrected chi connectivity index (χ4v) is 6.25. The molecule has 2 aromatic rings. The van der Waals surface area contributed by atoms with Gasteiger partial charge in [-0.05, 0) is 60.9 Å². The molecule has 0 spiro atoms. The zero-order valence-corrected chi connectivity index (χ0v) is 19.5. The Labute approximate surface area is 191 Å². The van der Waals surface area contributed by atoms with Crippen molar-refractivity contribution in [3.8, 4) is 0 Å². The quantitative estimate of drug-likeness (QED) is 0.612. The molecule has 2 aromatic carbocycles. The number of amides is 1. The van der Waals surface area contributed by atoms with Gasteiger partial charge in [0.2, 0.25) is 15.9 Å². The molecule has 0 atom stereocenters. The molecule has 1 fully saturated rings. The molecule has 0 aromatic heterocycles. The lowest BCUT2D eigenvalue weighted by Crippen LogP contribution is -2.45. The Hall–Kier alpha value is -2.22. The molecule has 0 unspecified atom stereocenters. The maximum atomic E-state index is 13.3. The predicted molar refractivity (Wildman–Crippen MR) is 124 cm³/mol. The van der Waals surface area contributed by atoms with Gasteiger partial charge in [0.15, 0.2) is 0 Å². The Morgan fingerprint density at radius 1 is 1.06 bits per heavy atom. The van der Waals surface area contributed by atoms with Gasteiger partial charge in [0, 0.05) is 39.2 Å². The molecule has 0 radical (unpaired) electrons. The Morgan fingerprint density at radius 3 is 2.50 bits per heavy atom. The summed E-state index contributed by atoms with van der Waals surface area (Å²) in [7, 11) is -1.89. The molecule has 1 amide bonds. The van der Waals surface area contributed by atoms with Crippen molar-refractivity contribution in [3.63, 3.8) is 0 Å². The minimum absolute atomic E-state index is 0.0838. The van der Waals surface area contributed by atoms with Crippen LogP contribution in [0.25, 0.3) is 0 Å². The molecule has 1 saturated heterocycles. The van der Waals surface area contributed by atoms with E-state index in [1.807, 2.05) is 47.4 Å². The molecule has 32 heavy (non-hydrogen) atoms. The number of rotatable bonds is 8. The van der Waals surface area contributed by atoms with Gasteiger partial charge in [0.05, 0.1) is 11.5 Å². The highest BCUT2D eigenvalue weighted by Crippen LogP contribution is 2.29. The number of carbonyl (C=O) groups excluding carboxylic acids is 1. The fraction of sp³-hybridized carbons (Fsp3) is 0.480. The van der Waals surface area contributed by atoms with Crippen molar-refractivity contribution in [3.05, 3.63) is 65.2 Å². The number of benzene rings is 2. The number of fused-ring (bicyclic) bond motifs is 1. The SMILES string of the molecule is COCCN(Cc1ccccc1)C(=O)C1CCN(S(=O)(=O)c2ccc3c(c2)CCC3)CC1. The van der Waals surface area contributed by atoms with Gasteiger partial charge in [-0.2, -0.15) is 4.31 Å². The molecule has 1 heterocycles. The first-order valence-corrected chi connectivity index (χ1v) is 12.9. The van der Waals surface area contributed by atoms with Crippen LogP contribution in [0.3, 0.4) is 0 Å². The van der Waals surface area contributed by atoms with Crippen molar-refractivity contribution in [2.75, 3.05) is 33.4 Å². The van der Waals surface area contributed by atoms with Crippen LogP contribution in [0.5, 0.6) is 0 Å². The number of carbonyl (C=O) groups is 1. The summed E-state index contributed by atoms with van der Waals surface area (Å²) in [6.45, 7) is 2.29. The molecule has 2 aliphatic rings. The molecular formula is C25H32N2O4S. The molecule has 0 bridgehead atoms. The fourth-order valence-electron chi connectivity index (χ4n) is 4.73. The van der Waals surface area contributed by atoms with Crippen LogP contribution in [-0.4, -0.2) is 56.9 Å². The van der Waals surface area contributed by atoms with E-state index >= 15 is 0 Å². The molecule has 7 heteroatoms. The summed E-state index contributed by atoms with van der Waals surface area (Å²) in [6, 6.07) is 15.5. The Kier molecular flexibility index (Phi) is 7.28. The lowest BCUT2D eigenvalue weighted by molar-refractivity contribution is -0.138. The van der Waals surface area contributed by atoms with Crippen molar-refractivity contribution in [1.29, 1.82) is 0 Å². The largest absolute Gasteiger partial charge is 0.383 e. The monoisotopic (exact) mass is 456 g/mol. The van der Waals surface area contributed by atoms with Gasteiger partial charge in [-0.3, -0.25) is 4.79 Å². The number of hydrogen-bond acceptors (Lipinski definition) is 4. The number of sulfonamides is 1. The van der Waals surface area contributed by atoms with Gasteiger partial charge >= 0.3 is 0 Å². The molecule has 4 rings (SSSR count). The van der Waals surface area contributed by atoms with E-state index in [4.69, 9.17) is 4.74 Å². The molecule has 6 nitrogen and oxygen atoms in total. The van der Waals surface area contributed by atoms with Gasteiger partial charge in [-0.1, -0.05) is 36.4 Å². The van der Waals surface area contributed by atoms with Gasteiger partial charge in [0.25, 0.3) is 0 Å². The normalized spacial score (nSPS) is 17.3. The van der Waals surface area contributed by atoms with Gasteiger partial charge < -0.3 is 9.64 Å². The smallest absolute Gasteiger partial charge is 0.243 e. The average Bonchev–Trinajstić information content (AvgIpc) is 3.30. The third-order valence-corrected chi connectivity index (χ3v) is 8.50. The van der Waals surface area contributed by atoms with Gasteiger partial charge in [-0.25, -0.2) is 8.42 Å². The Bertz CT molecular complexity index is 1030. The number of methoxy groups -OCH3 is 1.